The zero-order valence-corrected chi connectivity index (χ0v) is 16.9. The Kier molecular flexibility index (Phi) is 5.77. The lowest BCUT2D eigenvalue weighted by Gasteiger charge is -2.41. The lowest BCUT2D eigenvalue weighted by molar-refractivity contribution is 0.0260. The van der Waals surface area contributed by atoms with Gasteiger partial charge < -0.3 is 9.47 Å². The quantitative estimate of drug-likeness (QED) is 0.760. The first-order valence-corrected chi connectivity index (χ1v) is 10.9. The van der Waals surface area contributed by atoms with E-state index in [4.69, 9.17) is 9.47 Å². The Balaban J connectivity index is 1.90. The molecule has 5 nitrogen and oxygen atoms in total. The van der Waals surface area contributed by atoms with Crippen molar-refractivity contribution in [3.8, 4) is 11.5 Å². The number of rotatable bonds is 7. The van der Waals surface area contributed by atoms with Crippen LogP contribution in [0.5, 0.6) is 11.5 Å². The predicted molar refractivity (Wildman–Crippen MR) is 106 cm³/mol. The van der Waals surface area contributed by atoms with Gasteiger partial charge in [0.2, 0.25) is 10.0 Å². The molecular weight excluding hydrogens is 362 g/mol. The van der Waals surface area contributed by atoms with Crippen LogP contribution in [0.15, 0.2) is 53.4 Å². The molecule has 2 aromatic carbocycles. The van der Waals surface area contributed by atoms with Crippen LogP contribution in [0, 0.1) is 0 Å². The van der Waals surface area contributed by atoms with Gasteiger partial charge in [-0.3, -0.25) is 0 Å². The summed E-state index contributed by atoms with van der Waals surface area (Å²) in [7, 11) is -3.66. The summed E-state index contributed by atoms with van der Waals surface area (Å²) in [6.07, 6.45) is 2.24. The summed E-state index contributed by atoms with van der Waals surface area (Å²) in [5, 5.41) is 0. The van der Waals surface area contributed by atoms with Crippen molar-refractivity contribution in [3.05, 3.63) is 54.1 Å². The first-order chi connectivity index (χ1) is 12.9. The number of sulfonamides is 1. The summed E-state index contributed by atoms with van der Waals surface area (Å²) in [5.74, 6) is 1.41. The lowest BCUT2D eigenvalue weighted by atomic mass is 9.84. The van der Waals surface area contributed by atoms with E-state index in [1.807, 2.05) is 31.2 Å². The summed E-state index contributed by atoms with van der Waals surface area (Å²) in [4.78, 5) is 0.230. The van der Waals surface area contributed by atoms with E-state index in [2.05, 4.69) is 18.6 Å². The van der Waals surface area contributed by atoms with Gasteiger partial charge in [-0.25, -0.2) is 13.1 Å². The maximum Gasteiger partial charge on any atom is 0.241 e. The highest BCUT2D eigenvalue weighted by Crippen LogP contribution is 2.43. The van der Waals surface area contributed by atoms with Crippen molar-refractivity contribution in [1.29, 1.82) is 0 Å². The van der Waals surface area contributed by atoms with Gasteiger partial charge in [-0.1, -0.05) is 32.0 Å². The highest BCUT2D eigenvalue weighted by molar-refractivity contribution is 7.89. The molecule has 0 fully saturated rings. The highest BCUT2D eigenvalue weighted by Gasteiger charge is 2.39. The number of hydrogen-bond acceptors (Lipinski definition) is 4. The summed E-state index contributed by atoms with van der Waals surface area (Å²) >= 11 is 0. The monoisotopic (exact) mass is 389 g/mol. The Morgan fingerprint density at radius 1 is 1.07 bits per heavy atom. The average molecular weight is 390 g/mol. The maximum atomic E-state index is 13.0. The zero-order chi connectivity index (χ0) is 19.5. The van der Waals surface area contributed by atoms with Crippen molar-refractivity contribution in [1.82, 2.24) is 4.72 Å². The minimum Gasteiger partial charge on any atom is -0.494 e. The fraction of sp³-hybridized carbons (Fsp3) is 0.429. The molecular formula is C21H27NO4S. The Labute approximate surface area is 161 Å². The first kappa shape index (κ1) is 19.7. The normalized spacial score (nSPS) is 18.4. The maximum absolute atomic E-state index is 13.0. The number of nitrogens with one attached hydrogen (secondary N) is 1. The van der Waals surface area contributed by atoms with Crippen LogP contribution in [-0.2, 0) is 10.0 Å². The number of hydrogen-bond donors (Lipinski definition) is 1. The van der Waals surface area contributed by atoms with Crippen LogP contribution >= 0.6 is 0 Å². The number of para-hydroxylation sites is 1. The molecule has 0 saturated carbocycles. The molecule has 6 heteroatoms. The van der Waals surface area contributed by atoms with Gasteiger partial charge >= 0.3 is 0 Å². The molecule has 1 heterocycles. The van der Waals surface area contributed by atoms with Crippen LogP contribution in [0.25, 0.3) is 0 Å². The molecule has 27 heavy (non-hydrogen) atoms. The largest absolute Gasteiger partial charge is 0.494 e. The minimum absolute atomic E-state index is 0.230. The summed E-state index contributed by atoms with van der Waals surface area (Å²) in [6.45, 7) is 6.59. The van der Waals surface area contributed by atoms with E-state index < -0.39 is 10.0 Å². The second-order valence-corrected chi connectivity index (χ2v) is 8.53. The highest BCUT2D eigenvalue weighted by atomic mass is 32.2. The van der Waals surface area contributed by atoms with Crippen LogP contribution < -0.4 is 14.2 Å². The fourth-order valence-electron chi connectivity index (χ4n) is 3.54. The number of benzene rings is 2. The third-order valence-corrected chi connectivity index (χ3v) is 6.72. The molecule has 0 spiro atoms. The van der Waals surface area contributed by atoms with Gasteiger partial charge in [0.1, 0.15) is 17.1 Å². The van der Waals surface area contributed by atoms with Crippen molar-refractivity contribution < 1.29 is 17.9 Å². The van der Waals surface area contributed by atoms with Crippen molar-refractivity contribution in [2.45, 2.75) is 56.6 Å². The minimum atomic E-state index is -3.66. The van der Waals surface area contributed by atoms with E-state index in [9.17, 15) is 8.42 Å². The van der Waals surface area contributed by atoms with Crippen molar-refractivity contribution in [2.24, 2.45) is 0 Å². The average Bonchev–Trinajstić information content (AvgIpc) is 2.68. The van der Waals surface area contributed by atoms with Gasteiger partial charge in [-0.15, -0.1) is 0 Å². The van der Waals surface area contributed by atoms with Crippen LogP contribution in [0.2, 0.25) is 0 Å². The van der Waals surface area contributed by atoms with E-state index in [1.165, 1.54) is 0 Å². The smallest absolute Gasteiger partial charge is 0.241 e. The van der Waals surface area contributed by atoms with Crippen molar-refractivity contribution in [3.63, 3.8) is 0 Å². The molecule has 3 rings (SSSR count). The van der Waals surface area contributed by atoms with Gasteiger partial charge in [0.15, 0.2) is 0 Å². The SMILES string of the molecule is CCOc1ccc(S(=O)(=O)N[C@@H]2CC(CC)(CC)Oc3ccccc32)cc1. The lowest BCUT2D eigenvalue weighted by Crippen LogP contribution is -2.44. The topological polar surface area (TPSA) is 64.6 Å². The second-order valence-electron chi connectivity index (χ2n) is 6.81. The summed E-state index contributed by atoms with van der Waals surface area (Å²) < 4.78 is 40.5. The van der Waals surface area contributed by atoms with Crippen molar-refractivity contribution in [2.75, 3.05) is 6.61 Å². The molecule has 1 aliphatic rings. The Morgan fingerprint density at radius 2 is 1.74 bits per heavy atom. The van der Waals surface area contributed by atoms with Crippen LogP contribution in [-0.4, -0.2) is 20.6 Å². The third-order valence-electron chi connectivity index (χ3n) is 5.23. The van der Waals surface area contributed by atoms with Gasteiger partial charge in [0, 0.05) is 12.0 Å². The second kappa shape index (κ2) is 7.90. The van der Waals surface area contributed by atoms with E-state index in [0.717, 1.165) is 24.2 Å². The Morgan fingerprint density at radius 3 is 2.37 bits per heavy atom. The van der Waals surface area contributed by atoms with Crippen LogP contribution in [0.3, 0.4) is 0 Å². The van der Waals surface area contributed by atoms with Crippen LogP contribution in [0.1, 0.15) is 51.6 Å². The third kappa shape index (κ3) is 4.12. The predicted octanol–water partition coefficient (Wildman–Crippen LogP) is 4.45. The Hall–Kier alpha value is -2.05. The van der Waals surface area contributed by atoms with Gasteiger partial charge in [-0.05, 0) is 50.1 Å². The molecule has 1 N–H and O–H groups in total. The molecule has 0 amide bonds. The van der Waals surface area contributed by atoms with Gasteiger partial charge in [0.05, 0.1) is 17.5 Å². The summed E-state index contributed by atoms with van der Waals surface area (Å²) in [5.41, 5.74) is 0.518. The molecule has 1 atom stereocenters. The molecule has 0 aliphatic carbocycles. The van der Waals surface area contributed by atoms with Gasteiger partial charge in [0.25, 0.3) is 0 Å². The van der Waals surface area contributed by atoms with Gasteiger partial charge in [-0.2, -0.15) is 0 Å². The van der Waals surface area contributed by atoms with E-state index >= 15 is 0 Å². The molecule has 0 aromatic heterocycles. The molecule has 2 aromatic rings. The molecule has 146 valence electrons. The zero-order valence-electron chi connectivity index (χ0n) is 16.1. The first-order valence-electron chi connectivity index (χ1n) is 9.46. The summed E-state index contributed by atoms with van der Waals surface area (Å²) in [6, 6.07) is 13.8. The number of ether oxygens (including phenoxy) is 2. The van der Waals surface area contributed by atoms with Crippen LogP contribution in [0.4, 0.5) is 0 Å². The molecule has 0 saturated heterocycles. The Bertz CT molecular complexity index is 873. The fourth-order valence-corrected chi connectivity index (χ4v) is 4.76. The van der Waals surface area contributed by atoms with E-state index in [-0.39, 0.29) is 16.5 Å². The van der Waals surface area contributed by atoms with Crippen molar-refractivity contribution >= 4 is 10.0 Å². The van der Waals surface area contributed by atoms with E-state index in [1.54, 1.807) is 24.3 Å². The molecule has 1 aliphatic heterocycles. The molecule has 0 radical (unpaired) electrons. The van der Waals surface area contributed by atoms with E-state index in [0.29, 0.717) is 18.8 Å². The number of fused-ring (bicyclic) bond motifs is 1. The standard InChI is InChI=1S/C21H27NO4S/c1-4-21(5-2)15-19(18-9-7-8-10-20(18)26-21)22-27(23,24)17-13-11-16(12-14-17)25-6-3/h7-14,19,22H,4-6,15H2,1-3H3/t19-/m1/s1. The molecule has 0 unspecified atom stereocenters. The molecule has 0 bridgehead atoms.